The van der Waals surface area contributed by atoms with Crippen molar-refractivity contribution in [2.24, 2.45) is 0 Å². The van der Waals surface area contributed by atoms with Crippen LogP contribution in [-0.2, 0) is 10.0 Å². The number of sulfonamides is 1. The van der Waals surface area contributed by atoms with Crippen molar-refractivity contribution in [2.75, 3.05) is 11.4 Å². The van der Waals surface area contributed by atoms with Crippen molar-refractivity contribution in [2.45, 2.75) is 11.8 Å². The van der Waals surface area contributed by atoms with Gasteiger partial charge in [0.1, 0.15) is 5.76 Å². The highest BCUT2D eigenvalue weighted by molar-refractivity contribution is 7.92. The molecule has 0 radical (unpaired) electrons. The molecule has 0 amide bonds. The number of anilines is 1. The molecule has 18 heavy (non-hydrogen) atoms. The Morgan fingerprint density at radius 3 is 2.56 bits per heavy atom. The summed E-state index contributed by atoms with van der Waals surface area (Å²) in [6.45, 7) is 1.71. The minimum Gasteiger partial charge on any atom is -0.445 e. The Morgan fingerprint density at radius 1 is 1.28 bits per heavy atom. The molecule has 2 aromatic heterocycles. The van der Waals surface area contributed by atoms with Crippen LogP contribution in [0, 0.1) is 6.92 Å². The topological polar surface area (TPSA) is 83.4 Å². The number of hydrogen-bond donors (Lipinski definition) is 1. The van der Waals surface area contributed by atoms with Crippen LogP contribution in [0.5, 0.6) is 0 Å². The van der Waals surface area contributed by atoms with E-state index in [9.17, 15) is 13.2 Å². The van der Waals surface area contributed by atoms with Crippen LogP contribution in [0.3, 0.4) is 0 Å². The van der Waals surface area contributed by atoms with Gasteiger partial charge in [-0.1, -0.05) is 0 Å². The molecule has 0 fully saturated rings. The van der Waals surface area contributed by atoms with Crippen molar-refractivity contribution in [3.63, 3.8) is 0 Å². The standard InChI is InChI=1S/C11H12N2O4S/c1-8-5-6-10(17-8)13(2)18(15,16)9-4-3-7-12-11(9)14/h3-7H,1-2H3,(H,12,14). The zero-order valence-corrected chi connectivity index (χ0v) is 10.7. The monoisotopic (exact) mass is 268 g/mol. The average Bonchev–Trinajstić information content (AvgIpc) is 2.75. The summed E-state index contributed by atoms with van der Waals surface area (Å²) in [5, 5.41) is 0. The molecule has 0 aliphatic heterocycles. The van der Waals surface area contributed by atoms with Gasteiger partial charge in [0.2, 0.25) is 5.88 Å². The molecule has 1 N–H and O–H groups in total. The normalized spacial score (nSPS) is 11.4. The van der Waals surface area contributed by atoms with E-state index in [-0.39, 0.29) is 10.8 Å². The van der Waals surface area contributed by atoms with Crippen molar-refractivity contribution in [1.82, 2.24) is 4.98 Å². The number of hydrogen-bond acceptors (Lipinski definition) is 4. The van der Waals surface area contributed by atoms with Gasteiger partial charge in [-0.25, -0.2) is 12.7 Å². The number of H-pyrrole nitrogens is 1. The van der Waals surface area contributed by atoms with E-state index in [1.165, 1.54) is 31.4 Å². The SMILES string of the molecule is Cc1ccc(N(C)S(=O)(=O)c2ccc[nH]c2=O)o1. The number of nitrogens with zero attached hydrogens (tertiary/aromatic N) is 1. The fourth-order valence-electron chi connectivity index (χ4n) is 1.47. The van der Waals surface area contributed by atoms with E-state index < -0.39 is 15.6 Å². The van der Waals surface area contributed by atoms with Crippen LogP contribution in [0.25, 0.3) is 0 Å². The predicted octanol–water partition coefficient (Wildman–Crippen LogP) is 1.10. The van der Waals surface area contributed by atoms with Gasteiger partial charge in [-0.3, -0.25) is 4.79 Å². The van der Waals surface area contributed by atoms with Gasteiger partial charge in [-0.05, 0) is 25.1 Å². The van der Waals surface area contributed by atoms with Crippen LogP contribution in [0.2, 0.25) is 0 Å². The summed E-state index contributed by atoms with van der Waals surface area (Å²) in [5.41, 5.74) is -0.660. The Hall–Kier alpha value is -2.02. The number of nitrogens with one attached hydrogen (secondary N) is 1. The van der Waals surface area contributed by atoms with Gasteiger partial charge in [0.25, 0.3) is 15.6 Å². The van der Waals surface area contributed by atoms with E-state index in [4.69, 9.17) is 4.42 Å². The lowest BCUT2D eigenvalue weighted by Crippen LogP contribution is -2.30. The molecule has 7 heteroatoms. The molecule has 2 aromatic rings. The summed E-state index contributed by atoms with van der Waals surface area (Å²) < 4.78 is 30.6. The second-order valence-electron chi connectivity index (χ2n) is 3.72. The van der Waals surface area contributed by atoms with Gasteiger partial charge in [0.15, 0.2) is 4.90 Å². The maximum atomic E-state index is 12.2. The van der Waals surface area contributed by atoms with E-state index in [2.05, 4.69) is 4.98 Å². The van der Waals surface area contributed by atoms with Gasteiger partial charge in [0, 0.05) is 19.3 Å². The van der Waals surface area contributed by atoms with E-state index >= 15 is 0 Å². The van der Waals surface area contributed by atoms with Crippen LogP contribution in [-0.4, -0.2) is 20.4 Å². The molecule has 0 spiro atoms. The summed E-state index contributed by atoms with van der Waals surface area (Å²) in [7, 11) is -2.58. The predicted molar refractivity (Wildman–Crippen MR) is 66.1 cm³/mol. The highest BCUT2D eigenvalue weighted by atomic mass is 32.2. The van der Waals surface area contributed by atoms with Crippen LogP contribution in [0.4, 0.5) is 5.88 Å². The van der Waals surface area contributed by atoms with E-state index in [1.54, 1.807) is 13.0 Å². The first-order chi connectivity index (χ1) is 8.43. The molecule has 0 saturated heterocycles. The first kappa shape index (κ1) is 12.4. The number of rotatable bonds is 3. The summed E-state index contributed by atoms with van der Waals surface area (Å²) in [6, 6.07) is 5.89. The molecule has 6 nitrogen and oxygen atoms in total. The largest absolute Gasteiger partial charge is 0.445 e. The van der Waals surface area contributed by atoms with Crippen LogP contribution < -0.4 is 9.86 Å². The highest BCUT2D eigenvalue weighted by Gasteiger charge is 2.25. The Balaban J connectivity index is 2.50. The van der Waals surface area contributed by atoms with E-state index in [0.29, 0.717) is 5.76 Å². The number of pyridine rings is 1. The van der Waals surface area contributed by atoms with Crippen molar-refractivity contribution in [1.29, 1.82) is 0 Å². The maximum absolute atomic E-state index is 12.2. The minimum absolute atomic E-state index is 0.163. The maximum Gasteiger partial charge on any atom is 0.271 e. The summed E-state index contributed by atoms with van der Waals surface area (Å²) in [5.74, 6) is 0.754. The molecule has 0 bridgehead atoms. The first-order valence-corrected chi connectivity index (χ1v) is 6.60. The molecule has 0 aliphatic rings. The molecule has 0 aliphatic carbocycles. The minimum atomic E-state index is -3.91. The van der Waals surface area contributed by atoms with Crippen molar-refractivity contribution >= 4 is 15.9 Å². The zero-order chi connectivity index (χ0) is 13.3. The summed E-state index contributed by atoms with van der Waals surface area (Å²) in [4.78, 5) is 13.5. The van der Waals surface area contributed by atoms with Gasteiger partial charge in [0.05, 0.1) is 0 Å². The summed E-state index contributed by atoms with van der Waals surface area (Å²) >= 11 is 0. The highest BCUT2D eigenvalue weighted by Crippen LogP contribution is 2.22. The second kappa shape index (κ2) is 4.34. The molecule has 96 valence electrons. The number of aromatic amines is 1. The molecule has 2 rings (SSSR count). The molecule has 0 saturated carbocycles. The third-order valence-electron chi connectivity index (χ3n) is 2.46. The fraction of sp³-hybridized carbons (Fsp3) is 0.182. The Labute approximate surface area is 104 Å². The first-order valence-electron chi connectivity index (χ1n) is 5.16. The van der Waals surface area contributed by atoms with Crippen molar-refractivity contribution in [3.8, 4) is 0 Å². The van der Waals surface area contributed by atoms with Crippen LogP contribution in [0.1, 0.15) is 5.76 Å². The number of aromatic nitrogens is 1. The average molecular weight is 268 g/mol. The molecule has 0 aromatic carbocycles. The van der Waals surface area contributed by atoms with Gasteiger partial charge in [-0.2, -0.15) is 0 Å². The van der Waals surface area contributed by atoms with E-state index in [1.807, 2.05) is 0 Å². The van der Waals surface area contributed by atoms with Gasteiger partial charge >= 0.3 is 0 Å². The molecule has 2 heterocycles. The second-order valence-corrected chi connectivity index (χ2v) is 5.66. The van der Waals surface area contributed by atoms with Crippen LogP contribution in [0.15, 0.2) is 44.6 Å². The quantitative estimate of drug-likeness (QED) is 0.903. The third kappa shape index (κ3) is 2.04. The Bertz CT molecular complexity index is 714. The molecular weight excluding hydrogens is 256 g/mol. The fourth-order valence-corrected chi connectivity index (χ4v) is 2.64. The lowest BCUT2D eigenvalue weighted by Gasteiger charge is -2.15. The van der Waals surface area contributed by atoms with Gasteiger partial charge < -0.3 is 9.40 Å². The van der Waals surface area contributed by atoms with Crippen LogP contribution >= 0.6 is 0 Å². The lowest BCUT2D eigenvalue weighted by atomic mass is 10.5. The van der Waals surface area contributed by atoms with E-state index in [0.717, 1.165) is 4.31 Å². The van der Waals surface area contributed by atoms with Crippen molar-refractivity contribution < 1.29 is 12.8 Å². The zero-order valence-electron chi connectivity index (χ0n) is 9.88. The Morgan fingerprint density at radius 2 is 2.00 bits per heavy atom. The molecule has 0 atom stereocenters. The number of aryl methyl sites for hydroxylation is 1. The lowest BCUT2D eigenvalue weighted by molar-refractivity contribution is 0.534. The third-order valence-corrected chi connectivity index (χ3v) is 4.24. The number of furan rings is 1. The summed E-state index contributed by atoms with van der Waals surface area (Å²) in [6.07, 6.45) is 1.37. The Kier molecular flexibility index (Phi) is 3.00. The van der Waals surface area contributed by atoms with Crippen molar-refractivity contribution in [3.05, 3.63) is 46.6 Å². The van der Waals surface area contributed by atoms with Gasteiger partial charge in [-0.15, -0.1) is 0 Å². The molecule has 0 unspecified atom stereocenters. The smallest absolute Gasteiger partial charge is 0.271 e. The molecular formula is C11H12N2O4S.